The molecule has 0 aliphatic carbocycles. The molecule has 1 atom stereocenters. The van der Waals surface area contributed by atoms with Crippen LogP contribution in [0.1, 0.15) is 23.2 Å². The lowest BCUT2D eigenvalue weighted by molar-refractivity contribution is -0.149. The summed E-state index contributed by atoms with van der Waals surface area (Å²) in [5.41, 5.74) is 0.441. The van der Waals surface area contributed by atoms with Crippen molar-refractivity contribution in [2.45, 2.75) is 12.8 Å². The maximum absolute atomic E-state index is 12.7. The van der Waals surface area contributed by atoms with Crippen LogP contribution in [0.2, 0.25) is 0 Å². The van der Waals surface area contributed by atoms with E-state index in [0.717, 1.165) is 0 Å². The molecule has 1 aromatic carbocycles. The van der Waals surface area contributed by atoms with E-state index in [1.807, 2.05) is 0 Å². The number of Topliss-reactive ketones (excluding diaryl/α,β-unsaturated/α-hetero) is 1. The van der Waals surface area contributed by atoms with Gasteiger partial charge in [0.2, 0.25) is 0 Å². The minimum Gasteiger partial charge on any atom is -0.493 e. The topological polar surface area (TPSA) is 82.1 Å². The van der Waals surface area contributed by atoms with E-state index in [2.05, 4.69) is 4.74 Å². The zero-order valence-electron chi connectivity index (χ0n) is 14.0. The number of ketones is 1. The molecule has 0 saturated carbocycles. The number of amides is 1. The summed E-state index contributed by atoms with van der Waals surface area (Å²) in [5, 5.41) is 0. The monoisotopic (exact) mass is 335 g/mol. The van der Waals surface area contributed by atoms with E-state index in [1.54, 1.807) is 23.1 Å². The number of benzene rings is 1. The number of hydrogen-bond acceptors (Lipinski definition) is 6. The Morgan fingerprint density at radius 3 is 2.42 bits per heavy atom. The van der Waals surface area contributed by atoms with E-state index in [1.165, 1.54) is 21.3 Å². The number of ether oxygens (including phenoxy) is 3. The van der Waals surface area contributed by atoms with Gasteiger partial charge in [0.1, 0.15) is 11.7 Å². The Labute approximate surface area is 140 Å². The highest BCUT2D eigenvalue weighted by Crippen LogP contribution is 2.28. The van der Waals surface area contributed by atoms with Crippen molar-refractivity contribution in [3.8, 4) is 11.5 Å². The highest BCUT2D eigenvalue weighted by atomic mass is 16.5. The van der Waals surface area contributed by atoms with E-state index >= 15 is 0 Å². The van der Waals surface area contributed by atoms with Crippen LogP contribution in [-0.2, 0) is 14.3 Å². The molecule has 2 rings (SSSR count). The summed E-state index contributed by atoms with van der Waals surface area (Å²) < 4.78 is 15.0. The second-order valence-electron chi connectivity index (χ2n) is 5.44. The highest BCUT2D eigenvalue weighted by molar-refractivity contribution is 6.00. The van der Waals surface area contributed by atoms with Crippen LogP contribution >= 0.6 is 0 Å². The van der Waals surface area contributed by atoms with E-state index in [-0.39, 0.29) is 31.1 Å². The third kappa shape index (κ3) is 3.67. The summed E-state index contributed by atoms with van der Waals surface area (Å²) in [6.45, 7) is 0.595. The molecule has 0 bridgehead atoms. The SMILES string of the molecule is COC(=O)C1CCN(C(=O)c2ccc(OC)c(OC)c2)CCC1=O. The molecule has 0 aromatic heterocycles. The fraction of sp³-hybridized carbons (Fsp3) is 0.471. The van der Waals surface area contributed by atoms with Crippen LogP contribution < -0.4 is 9.47 Å². The van der Waals surface area contributed by atoms with Gasteiger partial charge in [0.05, 0.1) is 21.3 Å². The number of nitrogens with zero attached hydrogens (tertiary/aromatic N) is 1. The number of likely N-dealkylation sites (tertiary alicyclic amines) is 1. The largest absolute Gasteiger partial charge is 0.493 e. The first kappa shape index (κ1) is 17.8. The Bertz CT molecular complexity index is 642. The Morgan fingerprint density at radius 2 is 1.79 bits per heavy atom. The second-order valence-corrected chi connectivity index (χ2v) is 5.44. The molecule has 7 nitrogen and oxygen atoms in total. The summed E-state index contributed by atoms with van der Waals surface area (Å²) in [4.78, 5) is 37.9. The molecule has 0 spiro atoms. The molecule has 0 N–H and O–H groups in total. The average Bonchev–Trinajstić information content (AvgIpc) is 2.81. The first-order valence-corrected chi connectivity index (χ1v) is 7.63. The average molecular weight is 335 g/mol. The number of methoxy groups -OCH3 is 3. The fourth-order valence-electron chi connectivity index (χ4n) is 2.72. The molecule has 1 aromatic rings. The van der Waals surface area contributed by atoms with E-state index in [0.29, 0.717) is 23.6 Å². The van der Waals surface area contributed by atoms with Gasteiger partial charge < -0.3 is 19.1 Å². The van der Waals surface area contributed by atoms with Gasteiger partial charge >= 0.3 is 5.97 Å². The van der Waals surface area contributed by atoms with Crippen molar-refractivity contribution in [3.63, 3.8) is 0 Å². The fourth-order valence-corrected chi connectivity index (χ4v) is 2.72. The predicted molar refractivity (Wildman–Crippen MR) is 85.2 cm³/mol. The van der Waals surface area contributed by atoms with E-state index < -0.39 is 11.9 Å². The smallest absolute Gasteiger partial charge is 0.316 e. The van der Waals surface area contributed by atoms with Crippen LogP contribution in [0.3, 0.4) is 0 Å². The van der Waals surface area contributed by atoms with Gasteiger partial charge in [-0.05, 0) is 24.6 Å². The molecule has 7 heteroatoms. The molecule has 24 heavy (non-hydrogen) atoms. The molecule has 1 fully saturated rings. The Balaban J connectivity index is 2.15. The number of carbonyl (C=O) groups is 3. The minimum atomic E-state index is -0.793. The first-order valence-electron chi connectivity index (χ1n) is 7.63. The Kier molecular flexibility index (Phi) is 5.78. The lowest BCUT2D eigenvalue weighted by Gasteiger charge is -2.20. The maximum Gasteiger partial charge on any atom is 0.316 e. The normalized spacial score (nSPS) is 17.9. The van der Waals surface area contributed by atoms with Crippen molar-refractivity contribution in [2.24, 2.45) is 5.92 Å². The summed E-state index contributed by atoms with van der Waals surface area (Å²) in [6.07, 6.45) is 0.406. The van der Waals surface area contributed by atoms with Gasteiger partial charge in [0, 0.05) is 25.1 Å². The molecule has 1 aliphatic rings. The summed E-state index contributed by atoms with van der Waals surface area (Å²) in [5.74, 6) is -0.745. The van der Waals surface area contributed by atoms with Crippen LogP contribution in [0.4, 0.5) is 0 Å². The van der Waals surface area contributed by atoms with Gasteiger partial charge in [-0.2, -0.15) is 0 Å². The molecule has 130 valence electrons. The van der Waals surface area contributed by atoms with Gasteiger partial charge in [0.25, 0.3) is 5.91 Å². The van der Waals surface area contributed by atoms with Gasteiger partial charge in [-0.1, -0.05) is 0 Å². The van der Waals surface area contributed by atoms with E-state index in [9.17, 15) is 14.4 Å². The van der Waals surface area contributed by atoms with Gasteiger partial charge in [0.15, 0.2) is 11.5 Å². The van der Waals surface area contributed by atoms with Crippen molar-refractivity contribution in [2.75, 3.05) is 34.4 Å². The standard InChI is InChI=1S/C17H21NO6/c1-22-14-5-4-11(10-15(14)23-2)16(20)18-8-6-12(17(21)24-3)13(19)7-9-18/h4-5,10,12H,6-9H2,1-3H3. The molecule has 1 aliphatic heterocycles. The zero-order valence-corrected chi connectivity index (χ0v) is 14.0. The summed E-state index contributed by atoms with van der Waals surface area (Å²) >= 11 is 0. The van der Waals surface area contributed by atoms with Crippen molar-refractivity contribution in [3.05, 3.63) is 23.8 Å². The molecule has 0 radical (unpaired) electrons. The molecule has 1 unspecified atom stereocenters. The lowest BCUT2D eigenvalue weighted by Crippen LogP contribution is -2.32. The Hall–Kier alpha value is -2.57. The summed E-state index contributed by atoms with van der Waals surface area (Å²) in [6, 6.07) is 4.91. The number of carbonyl (C=O) groups excluding carboxylic acids is 3. The highest BCUT2D eigenvalue weighted by Gasteiger charge is 2.32. The summed E-state index contributed by atoms with van der Waals surface area (Å²) in [7, 11) is 4.28. The van der Waals surface area contributed by atoms with Crippen LogP contribution in [0.15, 0.2) is 18.2 Å². The number of esters is 1. The van der Waals surface area contributed by atoms with Gasteiger partial charge in [-0.15, -0.1) is 0 Å². The predicted octanol–water partition coefficient (Wildman–Crippen LogP) is 1.30. The van der Waals surface area contributed by atoms with E-state index in [4.69, 9.17) is 9.47 Å². The van der Waals surface area contributed by atoms with Gasteiger partial charge in [-0.3, -0.25) is 14.4 Å². The molecular weight excluding hydrogens is 314 g/mol. The zero-order chi connectivity index (χ0) is 17.7. The minimum absolute atomic E-state index is 0.138. The number of hydrogen-bond donors (Lipinski definition) is 0. The third-order valence-electron chi connectivity index (χ3n) is 4.11. The van der Waals surface area contributed by atoms with Crippen LogP contribution in [0.5, 0.6) is 11.5 Å². The van der Waals surface area contributed by atoms with Crippen molar-refractivity contribution in [1.29, 1.82) is 0 Å². The van der Waals surface area contributed by atoms with Crippen LogP contribution in [-0.4, -0.2) is 57.0 Å². The van der Waals surface area contributed by atoms with Crippen molar-refractivity contribution < 1.29 is 28.6 Å². The van der Waals surface area contributed by atoms with Crippen molar-refractivity contribution >= 4 is 17.7 Å². The second kappa shape index (κ2) is 7.81. The van der Waals surface area contributed by atoms with Crippen molar-refractivity contribution in [1.82, 2.24) is 4.90 Å². The third-order valence-corrected chi connectivity index (χ3v) is 4.11. The Morgan fingerprint density at radius 1 is 1.08 bits per heavy atom. The molecule has 1 heterocycles. The first-order chi connectivity index (χ1) is 11.5. The molecular formula is C17H21NO6. The molecule has 1 amide bonds. The maximum atomic E-state index is 12.7. The van der Waals surface area contributed by atoms with Gasteiger partial charge in [-0.25, -0.2) is 0 Å². The number of rotatable bonds is 4. The lowest BCUT2D eigenvalue weighted by atomic mass is 10.00. The van der Waals surface area contributed by atoms with Crippen LogP contribution in [0.25, 0.3) is 0 Å². The van der Waals surface area contributed by atoms with Crippen LogP contribution in [0, 0.1) is 5.92 Å². The quantitative estimate of drug-likeness (QED) is 0.609. The molecule has 1 saturated heterocycles.